The lowest BCUT2D eigenvalue weighted by Crippen LogP contribution is -2.26. The summed E-state index contributed by atoms with van der Waals surface area (Å²) in [6.07, 6.45) is 4.74. The van der Waals surface area contributed by atoms with Crippen molar-refractivity contribution in [2.75, 3.05) is 6.54 Å². The summed E-state index contributed by atoms with van der Waals surface area (Å²) >= 11 is 0. The lowest BCUT2D eigenvalue weighted by molar-refractivity contribution is -0.135. The van der Waals surface area contributed by atoms with E-state index in [0.29, 0.717) is 17.9 Å². The predicted octanol–water partition coefficient (Wildman–Crippen LogP) is 0.169. The summed E-state index contributed by atoms with van der Waals surface area (Å²) in [5.74, 6) is -0.921. The van der Waals surface area contributed by atoms with E-state index in [1.165, 1.54) is 19.3 Å². The zero-order chi connectivity index (χ0) is 10.9. The quantitative estimate of drug-likeness (QED) is 0.648. The third kappa shape index (κ3) is 2.16. The van der Waals surface area contributed by atoms with E-state index in [0.717, 1.165) is 6.42 Å². The molecule has 2 amide bonds. The number of nitrogens with zero attached hydrogens (tertiary/aromatic N) is 1. The molecule has 1 aliphatic carbocycles. The first-order valence-corrected chi connectivity index (χ1v) is 5.32. The lowest BCUT2D eigenvalue weighted by atomic mass is 10.0. The van der Waals surface area contributed by atoms with Crippen LogP contribution in [-0.2, 0) is 9.59 Å². The van der Waals surface area contributed by atoms with Crippen molar-refractivity contribution in [3.63, 3.8) is 0 Å². The molecule has 15 heavy (non-hydrogen) atoms. The van der Waals surface area contributed by atoms with Crippen molar-refractivity contribution in [3.05, 3.63) is 0 Å². The van der Waals surface area contributed by atoms with Crippen LogP contribution in [-0.4, -0.2) is 24.3 Å². The van der Waals surface area contributed by atoms with Crippen LogP contribution in [0.3, 0.4) is 0 Å². The van der Waals surface area contributed by atoms with E-state index in [4.69, 9.17) is 0 Å². The molecule has 0 radical (unpaired) electrons. The fourth-order valence-corrected chi connectivity index (χ4v) is 1.88. The molecule has 1 saturated carbocycles. The Morgan fingerprint density at radius 1 is 1.27 bits per heavy atom. The third-order valence-electron chi connectivity index (χ3n) is 2.98. The number of hydrogen-bond donors (Lipinski definition) is 2. The van der Waals surface area contributed by atoms with Gasteiger partial charge in [-0.25, -0.2) is 0 Å². The second-order valence-corrected chi connectivity index (χ2v) is 4.32. The highest BCUT2D eigenvalue weighted by Gasteiger charge is 2.41. The summed E-state index contributed by atoms with van der Waals surface area (Å²) in [4.78, 5) is 25.9. The molecule has 0 spiro atoms. The Bertz CT molecular complexity index is 314. The summed E-state index contributed by atoms with van der Waals surface area (Å²) in [6, 6.07) is 0. The Morgan fingerprint density at radius 2 is 1.87 bits per heavy atom. The molecule has 0 unspecified atom stereocenters. The van der Waals surface area contributed by atoms with Gasteiger partial charge in [0.05, 0.1) is 0 Å². The van der Waals surface area contributed by atoms with E-state index in [9.17, 15) is 9.59 Å². The Kier molecular flexibility index (Phi) is 2.46. The second kappa shape index (κ2) is 3.64. The van der Waals surface area contributed by atoms with Crippen LogP contribution < -0.4 is 10.6 Å². The number of nitrogens with one attached hydrogen (secondary N) is 2. The molecular formula is C10H15N3O2. The molecule has 1 saturated heterocycles. The van der Waals surface area contributed by atoms with Gasteiger partial charge in [0, 0.05) is 6.54 Å². The maximum absolute atomic E-state index is 10.8. The van der Waals surface area contributed by atoms with E-state index < -0.39 is 11.8 Å². The Hall–Kier alpha value is -1.39. The normalized spacial score (nSPS) is 22.3. The molecular weight excluding hydrogens is 194 g/mol. The first-order valence-electron chi connectivity index (χ1n) is 5.32. The summed E-state index contributed by atoms with van der Waals surface area (Å²) in [5, 5.41) is 4.79. The topological polar surface area (TPSA) is 70.6 Å². The Balaban J connectivity index is 1.90. The Labute approximate surface area is 88.3 Å². The largest absolute Gasteiger partial charge is 0.316 e. The third-order valence-corrected chi connectivity index (χ3v) is 2.98. The van der Waals surface area contributed by atoms with Crippen LogP contribution in [0.1, 0.15) is 32.6 Å². The zero-order valence-corrected chi connectivity index (χ0v) is 8.80. The SMILES string of the molecule is CCCC1(CN=C2NC(=O)C(=O)N2)CC1. The first kappa shape index (κ1) is 10.1. The summed E-state index contributed by atoms with van der Waals surface area (Å²) in [6.45, 7) is 2.86. The van der Waals surface area contributed by atoms with Gasteiger partial charge in [-0.05, 0) is 24.7 Å². The molecule has 2 rings (SSSR count). The maximum Gasteiger partial charge on any atom is 0.316 e. The first-order chi connectivity index (χ1) is 7.15. The summed E-state index contributed by atoms with van der Waals surface area (Å²) in [7, 11) is 0. The van der Waals surface area contributed by atoms with Gasteiger partial charge < -0.3 is 0 Å². The highest BCUT2D eigenvalue weighted by atomic mass is 16.2. The molecule has 0 aromatic rings. The van der Waals surface area contributed by atoms with E-state index >= 15 is 0 Å². The number of guanidine groups is 1. The maximum atomic E-state index is 10.8. The number of amides is 2. The van der Waals surface area contributed by atoms with Crippen molar-refractivity contribution in [3.8, 4) is 0 Å². The monoisotopic (exact) mass is 209 g/mol. The molecule has 1 heterocycles. The van der Waals surface area contributed by atoms with Crippen molar-refractivity contribution < 1.29 is 9.59 Å². The minimum Gasteiger partial charge on any atom is -0.288 e. The van der Waals surface area contributed by atoms with Crippen LogP contribution in [0, 0.1) is 5.41 Å². The van der Waals surface area contributed by atoms with Gasteiger partial charge in [-0.15, -0.1) is 0 Å². The van der Waals surface area contributed by atoms with Crippen LogP contribution in [0.4, 0.5) is 0 Å². The van der Waals surface area contributed by atoms with E-state index in [1.807, 2.05) is 0 Å². The van der Waals surface area contributed by atoms with Gasteiger partial charge in [0.2, 0.25) is 5.96 Å². The van der Waals surface area contributed by atoms with Gasteiger partial charge >= 0.3 is 11.8 Å². The predicted molar refractivity (Wildman–Crippen MR) is 55.2 cm³/mol. The lowest BCUT2D eigenvalue weighted by Gasteiger charge is -2.10. The summed E-state index contributed by atoms with van der Waals surface area (Å²) in [5.41, 5.74) is 0.347. The fraction of sp³-hybridized carbons (Fsp3) is 0.700. The molecule has 2 N–H and O–H groups in total. The van der Waals surface area contributed by atoms with Crippen LogP contribution in [0.2, 0.25) is 0 Å². The molecule has 5 nitrogen and oxygen atoms in total. The molecule has 0 atom stereocenters. The second-order valence-electron chi connectivity index (χ2n) is 4.32. The molecule has 0 bridgehead atoms. The minimum absolute atomic E-state index is 0.312. The van der Waals surface area contributed by atoms with E-state index in [1.54, 1.807) is 0 Å². The average Bonchev–Trinajstić information content (AvgIpc) is 2.88. The molecule has 5 heteroatoms. The minimum atomic E-state index is -0.617. The van der Waals surface area contributed by atoms with Gasteiger partial charge in [-0.3, -0.25) is 25.2 Å². The van der Waals surface area contributed by atoms with Crippen LogP contribution in [0.15, 0.2) is 4.99 Å². The number of hydrogen-bond acceptors (Lipinski definition) is 3. The van der Waals surface area contributed by atoms with Crippen molar-refractivity contribution in [1.82, 2.24) is 10.6 Å². The van der Waals surface area contributed by atoms with Crippen molar-refractivity contribution in [2.24, 2.45) is 10.4 Å². The molecule has 2 aliphatic rings. The highest BCUT2D eigenvalue weighted by Crippen LogP contribution is 2.49. The van der Waals surface area contributed by atoms with E-state index in [-0.39, 0.29) is 0 Å². The van der Waals surface area contributed by atoms with E-state index in [2.05, 4.69) is 22.5 Å². The molecule has 0 aromatic heterocycles. The molecule has 82 valence electrons. The van der Waals surface area contributed by atoms with Crippen molar-refractivity contribution >= 4 is 17.8 Å². The van der Waals surface area contributed by atoms with Crippen LogP contribution in [0.25, 0.3) is 0 Å². The number of carbonyl (C=O) groups is 2. The summed E-state index contributed by atoms with van der Waals surface area (Å²) < 4.78 is 0. The van der Waals surface area contributed by atoms with Gasteiger partial charge in [0.25, 0.3) is 0 Å². The number of rotatable bonds is 4. The molecule has 1 aliphatic heterocycles. The van der Waals surface area contributed by atoms with Gasteiger partial charge in [0.1, 0.15) is 0 Å². The fourth-order valence-electron chi connectivity index (χ4n) is 1.88. The number of aliphatic imine (C=N–C) groups is 1. The molecule has 0 aromatic carbocycles. The highest BCUT2D eigenvalue weighted by molar-refractivity contribution is 6.45. The van der Waals surface area contributed by atoms with Crippen molar-refractivity contribution in [1.29, 1.82) is 0 Å². The van der Waals surface area contributed by atoms with Gasteiger partial charge in [0.15, 0.2) is 0 Å². The molecule has 2 fully saturated rings. The van der Waals surface area contributed by atoms with Gasteiger partial charge in [-0.1, -0.05) is 13.3 Å². The van der Waals surface area contributed by atoms with Crippen LogP contribution in [0.5, 0.6) is 0 Å². The van der Waals surface area contributed by atoms with Gasteiger partial charge in [-0.2, -0.15) is 0 Å². The average molecular weight is 209 g/mol. The number of carbonyl (C=O) groups excluding carboxylic acids is 2. The Morgan fingerprint density at radius 3 is 2.33 bits per heavy atom. The van der Waals surface area contributed by atoms with Crippen LogP contribution >= 0.6 is 0 Å². The smallest absolute Gasteiger partial charge is 0.288 e. The zero-order valence-electron chi connectivity index (χ0n) is 8.80. The van der Waals surface area contributed by atoms with Crippen molar-refractivity contribution in [2.45, 2.75) is 32.6 Å². The standard InChI is InChI=1S/C10H15N3O2/c1-2-3-10(4-5-10)6-11-9-12-7(14)8(15)13-9/h2-6H2,1H3,(H2,11,12,13,14,15).